The number of nitrogens with two attached hydrogens (primary N) is 1. The number of nitrogens with zero attached hydrogens (tertiary/aromatic N) is 4. The summed E-state index contributed by atoms with van der Waals surface area (Å²) in [6, 6.07) is 0. The van der Waals surface area contributed by atoms with Crippen molar-refractivity contribution in [3.05, 3.63) is 18.0 Å². The highest BCUT2D eigenvalue weighted by molar-refractivity contribution is 5.82. The Kier molecular flexibility index (Phi) is 4.19. The number of likely N-dealkylation sites (tertiary alicyclic amines) is 1. The Bertz CT molecular complexity index is 414. The maximum Gasteiger partial charge on any atom is 0.143 e. The van der Waals surface area contributed by atoms with E-state index in [-0.39, 0.29) is 5.92 Å². The van der Waals surface area contributed by atoms with Crippen LogP contribution in [0.15, 0.2) is 17.5 Å². The normalized spacial score (nSPS) is 22.3. The molecular formula is C12H21N5O. The Morgan fingerprint density at radius 1 is 1.67 bits per heavy atom. The molecular weight excluding hydrogens is 230 g/mol. The van der Waals surface area contributed by atoms with Crippen LogP contribution in [0.2, 0.25) is 0 Å². The largest absolute Gasteiger partial charge is 0.409 e. The van der Waals surface area contributed by atoms with Gasteiger partial charge >= 0.3 is 0 Å². The van der Waals surface area contributed by atoms with Gasteiger partial charge in [0, 0.05) is 32.3 Å². The van der Waals surface area contributed by atoms with Gasteiger partial charge in [-0.2, -0.15) is 5.10 Å². The van der Waals surface area contributed by atoms with Crippen LogP contribution in [0.1, 0.15) is 18.4 Å². The number of aryl methyl sites for hydroxylation is 1. The predicted octanol–water partition coefficient (Wildman–Crippen LogP) is 0.421. The van der Waals surface area contributed by atoms with Crippen molar-refractivity contribution in [2.45, 2.75) is 19.3 Å². The van der Waals surface area contributed by atoms with Crippen molar-refractivity contribution in [1.82, 2.24) is 14.7 Å². The molecule has 1 aliphatic heterocycles. The maximum absolute atomic E-state index is 8.72. The van der Waals surface area contributed by atoms with Crippen molar-refractivity contribution >= 4 is 5.84 Å². The molecule has 1 unspecified atom stereocenters. The molecule has 2 heterocycles. The van der Waals surface area contributed by atoms with E-state index in [1.807, 2.05) is 24.1 Å². The van der Waals surface area contributed by atoms with Gasteiger partial charge in [-0.25, -0.2) is 0 Å². The summed E-state index contributed by atoms with van der Waals surface area (Å²) in [5.74, 6) is 0.554. The number of piperidine rings is 1. The average Bonchev–Trinajstić information content (AvgIpc) is 2.81. The summed E-state index contributed by atoms with van der Waals surface area (Å²) in [4.78, 5) is 2.37. The Morgan fingerprint density at radius 3 is 3.17 bits per heavy atom. The van der Waals surface area contributed by atoms with Crippen LogP contribution >= 0.6 is 0 Å². The van der Waals surface area contributed by atoms with E-state index in [0.29, 0.717) is 5.84 Å². The lowest BCUT2D eigenvalue weighted by Gasteiger charge is -2.31. The quantitative estimate of drug-likeness (QED) is 0.352. The highest BCUT2D eigenvalue weighted by Gasteiger charge is 2.22. The lowest BCUT2D eigenvalue weighted by atomic mass is 9.97. The van der Waals surface area contributed by atoms with E-state index in [9.17, 15) is 0 Å². The standard InChI is InChI=1S/C12H21N5O/c1-16-8-10(7-14-16)4-6-17-5-2-3-11(9-17)12(13)15-18/h7-8,11,18H,2-6,9H2,1H3,(H2,13,15). The average molecular weight is 251 g/mol. The number of rotatable bonds is 4. The molecule has 0 aliphatic carbocycles. The van der Waals surface area contributed by atoms with Crippen molar-refractivity contribution in [2.24, 2.45) is 23.9 Å². The molecule has 1 fully saturated rings. The van der Waals surface area contributed by atoms with Gasteiger partial charge in [0.2, 0.25) is 0 Å². The van der Waals surface area contributed by atoms with Crippen LogP contribution in [0.25, 0.3) is 0 Å². The summed E-state index contributed by atoms with van der Waals surface area (Å²) in [6.07, 6.45) is 7.07. The molecule has 1 aliphatic rings. The molecule has 6 nitrogen and oxygen atoms in total. The number of oxime groups is 1. The van der Waals surface area contributed by atoms with E-state index in [0.717, 1.165) is 38.9 Å². The van der Waals surface area contributed by atoms with Crippen LogP contribution < -0.4 is 5.73 Å². The first-order valence-electron chi connectivity index (χ1n) is 6.36. The molecule has 1 aromatic heterocycles. The topological polar surface area (TPSA) is 79.7 Å². The van der Waals surface area contributed by atoms with Crippen molar-refractivity contribution < 1.29 is 5.21 Å². The SMILES string of the molecule is Cn1cc(CCN2CCCC(/C(N)=N/O)C2)cn1. The van der Waals surface area contributed by atoms with E-state index < -0.39 is 0 Å². The number of hydrogen-bond acceptors (Lipinski definition) is 4. The summed E-state index contributed by atoms with van der Waals surface area (Å²) in [7, 11) is 1.93. The molecule has 0 spiro atoms. The molecule has 1 saturated heterocycles. The van der Waals surface area contributed by atoms with Crippen LogP contribution in [0, 0.1) is 5.92 Å². The van der Waals surface area contributed by atoms with Crippen LogP contribution in [0.5, 0.6) is 0 Å². The minimum atomic E-state index is 0.192. The zero-order valence-electron chi connectivity index (χ0n) is 10.8. The maximum atomic E-state index is 8.72. The highest BCUT2D eigenvalue weighted by atomic mass is 16.4. The van der Waals surface area contributed by atoms with Gasteiger partial charge in [-0.3, -0.25) is 4.68 Å². The van der Waals surface area contributed by atoms with E-state index >= 15 is 0 Å². The van der Waals surface area contributed by atoms with Gasteiger partial charge in [-0.1, -0.05) is 5.16 Å². The van der Waals surface area contributed by atoms with Crippen LogP contribution in [0.3, 0.4) is 0 Å². The lowest BCUT2D eigenvalue weighted by molar-refractivity contribution is 0.202. The fourth-order valence-corrected chi connectivity index (χ4v) is 2.47. The zero-order chi connectivity index (χ0) is 13.0. The fraction of sp³-hybridized carbons (Fsp3) is 0.667. The van der Waals surface area contributed by atoms with Gasteiger partial charge in [-0.15, -0.1) is 0 Å². The van der Waals surface area contributed by atoms with Gasteiger partial charge in [0.25, 0.3) is 0 Å². The first-order chi connectivity index (χ1) is 8.69. The molecule has 0 saturated carbocycles. The lowest BCUT2D eigenvalue weighted by Crippen LogP contribution is -2.42. The predicted molar refractivity (Wildman–Crippen MR) is 69.5 cm³/mol. The van der Waals surface area contributed by atoms with Gasteiger partial charge in [0.15, 0.2) is 0 Å². The van der Waals surface area contributed by atoms with Crippen molar-refractivity contribution in [3.8, 4) is 0 Å². The van der Waals surface area contributed by atoms with E-state index in [4.69, 9.17) is 10.9 Å². The van der Waals surface area contributed by atoms with Crippen molar-refractivity contribution in [3.63, 3.8) is 0 Å². The Hall–Kier alpha value is -1.56. The van der Waals surface area contributed by atoms with Crippen LogP contribution in [-0.4, -0.2) is 45.4 Å². The third kappa shape index (κ3) is 3.22. The minimum absolute atomic E-state index is 0.192. The Balaban J connectivity index is 1.82. The Morgan fingerprint density at radius 2 is 2.50 bits per heavy atom. The highest BCUT2D eigenvalue weighted by Crippen LogP contribution is 2.16. The molecule has 3 N–H and O–H groups in total. The van der Waals surface area contributed by atoms with Gasteiger partial charge in [0.1, 0.15) is 5.84 Å². The first-order valence-corrected chi connectivity index (χ1v) is 6.36. The smallest absolute Gasteiger partial charge is 0.143 e. The van der Waals surface area contributed by atoms with Crippen LogP contribution in [0.4, 0.5) is 0 Å². The summed E-state index contributed by atoms with van der Waals surface area (Å²) in [6.45, 7) is 2.98. The second-order valence-corrected chi connectivity index (χ2v) is 4.94. The van der Waals surface area contributed by atoms with Crippen molar-refractivity contribution in [2.75, 3.05) is 19.6 Å². The molecule has 1 atom stereocenters. The summed E-state index contributed by atoms with van der Waals surface area (Å²) in [5.41, 5.74) is 6.93. The molecule has 1 aromatic rings. The number of amidine groups is 1. The number of aromatic nitrogens is 2. The summed E-state index contributed by atoms with van der Waals surface area (Å²) < 4.78 is 1.82. The number of hydrogen-bond donors (Lipinski definition) is 2. The summed E-state index contributed by atoms with van der Waals surface area (Å²) >= 11 is 0. The monoisotopic (exact) mass is 251 g/mol. The molecule has 0 bridgehead atoms. The molecule has 18 heavy (non-hydrogen) atoms. The molecule has 0 amide bonds. The van der Waals surface area contributed by atoms with E-state index in [1.165, 1.54) is 5.56 Å². The van der Waals surface area contributed by atoms with E-state index in [2.05, 4.69) is 15.2 Å². The fourth-order valence-electron chi connectivity index (χ4n) is 2.47. The Labute approximate surface area is 107 Å². The molecule has 2 rings (SSSR count). The molecule has 0 radical (unpaired) electrons. The minimum Gasteiger partial charge on any atom is -0.409 e. The first kappa shape index (κ1) is 12.9. The van der Waals surface area contributed by atoms with Gasteiger partial charge in [0.05, 0.1) is 6.20 Å². The third-order valence-corrected chi connectivity index (χ3v) is 3.51. The molecule has 6 heteroatoms. The van der Waals surface area contributed by atoms with Gasteiger partial charge < -0.3 is 15.8 Å². The van der Waals surface area contributed by atoms with E-state index in [1.54, 1.807) is 0 Å². The third-order valence-electron chi connectivity index (χ3n) is 3.51. The zero-order valence-corrected chi connectivity index (χ0v) is 10.8. The van der Waals surface area contributed by atoms with Crippen molar-refractivity contribution in [1.29, 1.82) is 0 Å². The molecule has 0 aromatic carbocycles. The van der Waals surface area contributed by atoms with Gasteiger partial charge in [-0.05, 0) is 31.4 Å². The summed E-state index contributed by atoms with van der Waals surface area (Å²) in [5, 5.41) is 16.0. The van der Waals surface area contributed by atoms with Crippen LogP contribution in [-0.2, 0) is 13.5 Å². The second-order valence-electron chi connectivity index (χ2n) is 4.94. The second kappa shape index (κ2) is 5.86. The molecule has 100 valence electrons.